The molecule has 0 amide bonds. The minimum atomic E-state index is 0.990. The van der Waals surface area contributed by atoms with Crippen LogP contribution < -0.4 is 0 Å². The van der Waals surface area contributed by atoms with Crippen LogP contribution in [0, 0.1) is 17.8 Å². The summed E-state index contributed by atoms with van der Waals surface area (Å²) in [5, 5.41) is 0. The number of nitrogens with zero attached hydrogens (tertiary/aromatic N) is 1. The lowest BCUT2D eigenvalue weighted by molar-refractivity contribution is -1.01. The molecule has 1 heteroatoms. The van der Waals surface area contributed by atoms with Gasteiger partial charge in [0.05, 0.1) is 24.7 Å². The second-order valence-electron chi connectivity index (χ2n) is 10.3. The molecule has 0 radical (unpaired) electrons. The number of hydrogen-bond donors (Lipinski definition) is 0. The Morgan fingerprint density at radius 3 is 1.79 bits per heavy atom. The monoisotopic (exact) mass is 332 g/mol. The molecule has 0 N–H and O–H groups in total. The highest BCUT2D eigenvalue weighted by Crippen LogP contribution is 2.49. The number of rotatable bonds is 2. The van der Waals surface area contributed by atoms with E-state index in [0.29, 0.717) is 0 Å². The number of quaternary nitrogens is 1. The molecule has 1 saturated heterocycles. The smallest absolute Gasteiger partial charge is 0.0922 e. The topological polar surface area (TPSA) is 0 Å². The molecule has 0 aromatic carbocycles. The molecule has 4 fully saturated rings. The molecule has 4 aliphatic rings. The highest BCUT2D eigenvalue weighted by Gasteiger charge is 2.54. The molecule has 0 bridgehead atoms. The predicted octanol–water partition coefficient (Wildman–Crippen LogP) is 6.31. The zero-order valence-corrected chi connectivity index (χ0v) is 16.5. The first kappa shape index (κ1) is 17.4. The van der Waals surface area contributed by atoms with Gasteiger partial charge in [0.15, 0.2) is 0 Å². The van der Waals surface area contributed by atoms with Crippen LogP contribution >= 0.6 is 0 Å². The summed E-state index contributed by atoms with van der Waals surface area (Å²) in [6.07, 6.45) is 21.6. The summed E-state index contributed by atoms with van der Waals surface area (Å²) < 4.78 is 1.62. The Labute approximate surface area is 151 Å². The third kappa shape index (κ3) is 3.08. The van der Waals surface area contributed by atoms with Gasteiger partial charge in [0.25, 0.3) is 0 Å². The van der Waals surface area contributed by atoms with Gasteiger partial charge < -0.3 is 4.48 Å². The lowest BCUT2D eigenvalue weighted by Gasteiger charge is -2.62. The van der Waals surface area contributed by atoms with Gasteiger partial charge in [-0.2, -0.15) is 0 Å². The van der Waals surface area contributed by atoms with Gasteiger partial charge in [-0.15, -0.1) is 0 Å². The van der Waals surface area contributed by atoms with E-state index in [0.717, 1.165) is 35.9 Å². The van der Waals surface area contributed by atoms with E-state index in [1.807, 2.05) is 0 Å². The van der Waals surface area contributed by atoms with E-state index in [4.69, 9.17) is 0 Å². The lowest BCUT2D eigenvalue weighted by atomic mass is 9.70. The first-order valence-corrected chi connectivity index (χ1v) is 11.6. The van der Waals surface area contributed by atoms with E-state index in [9.17, 15) is 0 Å². The Kier molecular flexibility index (Phi) is 5.28. The Morgan fingerprint density at radius 2 is 1.17 bits per heavy atom. The minimum Gasteiger partial charge on any atom is -0.316 e. The van der Waals surface area contributed by atoms with Gasteiger partial charge in [0.1, 0.15) is 0 Å². The molecule has 3 saturated carbocycles. The largest absolute Gasteiger partial charge is 0.316 e. The number of hydrogen-bond acceptors (Lipinski definition) is 0. The van der Waals surface area contributed by atoms with Gasteiger partial charge in [-0.05, 0) is 69.6 Å². The summed E-state index contributed by atoms with van der Waals surface area (Å²) in [5.74, 6) is 3.06. The summed E-state index contributed by atoms with van der Waals surface area (Å²) in [7, 11) is 0. The van der Waals surface area contributed by atoms with Crippen LogP contribution in [0.2, 0.25) is 0 Å². The fourth-order valence-corrected chi connectivity index (χ4v) is 7.83. The van der Waals surface area contributed by atoms with Crippen LogP contribution in [-0.4, -0.2) is 29.2 Å². The van der Waals surface area contributed by atoms with E-state index in [1.165, 1.54) is 44.9 Å². The van der Waals surface area contributed by atoms with E-state index < -0.39 is 0 Å². The van der Waals surface area contributed by atoms with Gasteiger partial charge in [0.2, 0.25) is 0 Å². The Morgan fingerprint density at radius 1 is 0.583 bits per heavy atom. The molecule has 0 spiro atoms. The summed E-state index contributed by atoms with van der Waals surface area (Å²) in [6.45, 7) is 6.65. The normalized spacial score (nSPS) is 50.2. The van der Waals surface area contributed by atoms with Crippen molar-refractivity contribution in [1.82, 2.24) is 0 Å². The second kappa shape index (κ2) is 7.29. The van der Waals surface area contributed by atoms with Crippen LogP contribution in [0.1, 0.15) is 104 Å². The van der Waals surface area contributed by atoms with Crippen LogP contribution in [-0.2, 0) is 0 Å². The maximum atomic E-state index is 2.55. The average Bonchev–Trinajstić information content (AvgIpc) is 2.61. The van der Waals surface area contributed by atoms with Crippen molar-refractivity contribution in [2.45, 2.75) is 122 Å². The Balaban J connectivity index is 1.67. The van der Waals surface area contributed by atoms with E-state index in [2.05, 4.69) is 13.8 Å². The van der Waals surface area contributed by atoms with Crippen molar-refractivity contribution in [2.24, 2.45) is 17.8 Å². The molecule has 0 aromatic rings. The average molecular weight is 333 g/mol. The number of piperidine rings is 1. The summed E-state index contributed by atoms with van der Waals surface area (Å²) in [4.78, 5) is 0. The van der Waals surface area contributed by atoms with Crippen molar-refractivity contribution >= 4 is 0 Å². The first-order valence-electron chi connectivity index (χ1n) is 11.6. The number of likely N-dealkylation sites (tertiary alicyclic amines) is 1. The zero-order chi connectivity index (χ0) is 16.6. The van der Waals surface area contributed by atoms with Gasteiger partial charge in [-0.25, -0.2) is 0 Å². The zero-order valence-electron chi connectivity index (χ0n) is 16.5. The van der Waals surface area contributed by atoms with E-state index in [-0.39, 0.29) is 0 Å². The molecule has 6 unspecified atom stereocenters. The number of fused-ring (bicyclic) bond motifs is 1. The van der Waals surface area contributed by atoms with Crippen LogP contribution in [0.25, 0.3) is 0 Å². The third-order valence-corrected chi connectivity index (χ3v) is 8.78. The molecule has 24 heavy (non-hydrogen) atoms. The molecule has 138 valence electrons. The summed E-state index contributed by atoms with van der Waals surface area (Å²) >= 11 is 0. The van der Waals surface area contributed by atoms with Gasteiger partial charge in [-0.3, -0.25) is 0 Å². The van der Waals surface area contributed by atoms with Crippen LogP contribution in [0.5, 0.6) is 0 Å². The molecule has 1 nitrogen and oxygen atoms in total. The Hall–Kier alpha value is -0.0400. The van der Waals surface area contributed by atoms with Crippen molar-refractivity contribution < 1.29 is 4.48 Å². The molecule has 3 aliphatic carbocycles. The lowest BCUT2D eigenvalue weighted by Crippen LogP contribution is -2.71. The second-order valence-corrected chi connectivity index (χ2v) is 10.3. The third-order valence-electron chi connectivity index (χ3n) is 8.78. The summed E-state index contributed by atoms with van der Waals surface area (Å²) in [6, 6.07) is 3.10. The van der Waals surface area contributed by atoms with Crippen LogP contribution in [0.4, 0.5) is 0 Å². The molecule has 4 rings (SSSR count). The predicted molar refractivity (Wildman–Crippen MR) is 103 cm³/mol. The van der Waals surface area contributed by atoms with Crippen molar-refractivity contribution in [1.29, 1.82) is 0 Å². The van der Waals surface area contributed by atoms with Gasteiger partial charge in [0, 0.05) is 18.8 Å². The van der Waals surface area contributed by atoms with Gasteiger partial charge >= 0.3 is 0 Å². The molecular weight excluding hydrogens is 290 g/mol. The van der Waals surface area contributed by atoms with Crippen LogP contribution in [0.3, 0.4) is 0 Å². The molecule has 6 atom stereocenters. The van der Waals surface area contributed by atoms with Crippen LogP contribution in [0.15, 0.2) is 0 Å². The fraction of sp³-hybridized carbons (Fsp3) is 1.00. The molecule has 0 aromatic heterocycles. The van der Waals surface area contributed by atoms with Crippen molar-refractivity contribution in [3.63, 3.8) is 0 Å². The van der Waals surface area contributed by atoms with Crippen molar-refractivity contribution in [3.05, 3.63) is 0 Å². The minimum absolute atomic E-state index is 0.990. The standard InChI is InChI=1S/C23H42N/c1-18-8-5-12-21(16-18)24(22-13-6-9-19(2)17-22)15-7-11-20-10-3-4-14-23(20)24/h18-23H,3-17H2,1-2H3/q+1. The van der Waals surface area contributed by atoms with Crippen molar-refractivity contribution in [3.8, 4) is 0 Å². The highest BCUT2D eigenvalue weighted by atomic mass is 15.4. The highest BCUT2D eigenvalue weighted by molar-refractivity contribution is 4.88. The maximum absolute atomic E-state index is 2.55. The fourth-order valence-electron chi connectivity index (χ4n) is 7.83. The molecular formula is C23H42N+. The van der Waals surface area contributed by atoms with Gasteiger partial charge in [-0.1, -0.05) is 33.1 Å². The maximum Gasteiger partial charge on any atom is 0.0922 e. The van der Waals surface area contributed by atoms with Crippen molar-refractivity contribution in [2.75, 3.05) is 6.54 Å². The molecule has 1 heterocycles. The molecule has 1 aliphatic heterocycles. The summed E-state index contributed by atoms with van der Waals surface area (Å²) in [5.41, 5.74) is 0. The first-order chi connectivity index (χ1) is 11.7. The van der Waals surface area contributed by atoms with E-state index >= 15 is 0 Å². The van der Waals surface area contributed by atoms with E-state index in [1.54, 1.807) is 56.0 Å². The quantitative estimate of drug-likeness (QED) is 0.519. The SMILES string of the molecule is CC1CCCC([N+]2(C3CCCC(C)C3)CCCC3CCCCC32)C1. The Bertz CT molecular complexity index is 392.